The zero-order chi connectivity index (χ0) is 20.2. The topological polar surface area (TPSA) is 81.4 Å². The molecule has 148 valence electrons. The number of rotatable bonds is 7. The Kier molecular flexibility index (Phi) is 5.67. The maximum Gasteiger partial charge on any atom is 0.286 e. The average Bonchev–Trinajstić information content (AvgIpc) is 3.28. The highest BCUT2D eigenvalue weighted by Crippen LogP contribution is 2.28. The van der Waals surface area contributed by atoms with Gasteiger partial charge in [0.1, 0.15) is 23.3 Å². The second kappa shape index (κ2) is 8.53. The molecule has 0 radical (unpaired) electrons. The van der Waals surface area contributed by atoms with E-state index in [1.165, 1.54) is 6.39 Å². The molecule has 1 saturated heterocycles. The van der Waals surface area contributed by atoms with Gasteiger partial charge >= 0.3 is 0 Å². The van der Waals surface area contributed by atoms with Crippen LogP contribution in [0.25, 0.3) is 0 Å². The van der Waals surface area contributed by atoms with Crippen LogP contribution in [0, 0.1) is 6.92 Å². The fourth-order valence-corrected chi connectivity index (χ4v) is 4.12. The summed E-state index contributed by atoms with van der Waals surface area (Å²) in [6, 6.07) is 17.7. The maximum absolute atomic E-state index is 11.7. The number of oxazole rings is 1. The molecule has 7 heteroatoms. The zero-order valence-corrected chi connectivity index (χ0v) is 16.6. The SMILES string of the molecule is Cc1ocnc1C(Cc1ccccc1)Oc1ccc(CC2SC(=O)NC2=O)cc1. The molecule has 2 aromatic carbocycles. The van der Waals surface area contributed by atoms with Gasteiger partial charge in [0.25, 0.3) is 5.24 Å². The first-order chi connectivity index (χ1) is 14.1. The van der Waals surface area contributed by atoms with Crippen LogP contribution in [-0.2, 0) is 17.6 Å². The van der Waals surface area contributed by atoms with Crippen molar-refractivity contribution in [2.45, 2.75) is 31.1 Å². The van der Waals surface area contributed by atoms with Gasteiger partial charge in [-0.2, -0.15) is 0 Å². The van der Waals surface area contributed by atoms with Crippen LogP contribution in [-0.4, -0.2) is 21.4 Å². The van der Waals surface area contributed by atoms with Crippen molar-refractivity contribution in [1.29, 1.82) is 0 Å². The first-order valence-electron chi connectivity index (χ1n) is 9.29. The molecule has 0 saturated carbocycles. The first-order valence-corrected chi connectivity index (χ1v) is 10.2. The summed E-state index contributed by atoms with van der Waals surface area (Å²) in [5.74, 6) is 1.21. The standard InChI is InChI=1S/C22H20N2O4S/c1-14-20(23-13-27-14)18(11-15-5-3-2-4-6-15)28-17-9-7-16(8-10-17)12-19-21(25)24-22(26)29-19/h2-10,13,18-19H,11-12H2,1H3,(H,24,25,26). The van der Waals surface area contributed by atoms with E-state index >= 15 is 0 Å². The Balaban J connectivity index is 1.48. The van der Waals surface area contributed by atoms with Crippen LogP contribution in [0.3, 0.4) is 0 Å². The number of hydrogen-bond donors (Lipinski definition) is 1. The summed E-state index contributed by atoms with van der Waals surface area (Å²) in [4.78, 5) is 27.4. The average molecular weight is 408 g/mol. The summed E-state index contributed by atoms with van der Waals surface area (Å²) in [5, 5.41) is 1.65. The number of carbonyl (C=O) groups excluding carboxylic acids is 2. The lowest BCUT2D eigenvalue weighted by Crippen LogP contribution is -2.25. The number of nitrogens with zero attached hydrogens (tertiary/aromatic N) is 1. The molecule has 1 aliphatic heterocycles. The highest BCUT2D eigenvalue weighted by molar-refractivity contribution is 8.15. The molecule has 3 aromatic rings. The van der Waals surface area contributed by atoms with Gasteiger partial charge in [0, 0.05) is 6.42 Å². The number of ether oxygens (including phenoxy) is 1. The number of imide groups is 1. The molecule has 2 heterocycles. The summed E-state index contributed by atoms with van der Waals surface area (Å²) in [6.07, 6.45) is 2.31. The van der Waals surface area contributed by atoms with Gasteiger partial charge in [-0.1, -0.05) is 54.2 Å². The van der Waals surface area contributed by atoms with Crippen molar-refractivity contribution >= 4 is 22.9 Å². The van der Waals surface area contributed by atoms with Crippen molar-refractivity contribution in [2.75, 3.05) is 0 Å². The van der Waals surface area contributed by atoms with Gasteiger partial charge in [-0.15, -0.1) is 0 Å². The quantitative estimate of drug-likeness (QED) is 0.630. The van der Waals surface area contributed by atoms with Gasteiger partial charge in [-0.3, -0.25) is 14.9 Å². The van der Waals surface area contributed by atoms with Gasteiger partial charge < -0.3 is 9.15 Å². The fourth-order valence-electron chi connectivity index (χ4n) is 3.26. The molecule has 0 bridgehead atoms. The van der Waals surface area contributed by atoms with Crippen molar-refractivity contribution in [2.24, 2.45) is 0 Å². The number of carbonyl (C=O) groups is 2. The number of aryl methyl sites for hydroxylation is 1. The molecule has 1 N–H and O–H groups in total. The van der Waals surface area contributed by atoms with E-state index in [4.69, 9.17) is 9.15 Å². The minimum Gasteiger partial charge on any atom is -0.484 e. The number of aromatic nitrogens is 1. The normalized spacial score (nSPS) is 17.2. The van der Waals surface area contributed by atoms with Crippen molar-refractivity contribution in [1.82, 2.24) is 10.3 Å². The molecule has 29 heavy (non-hydrogen) atoms. The summed E-state index contributed by atoms with van der Waals surface area (Å²) in [6.45, 7) is 1.87. The van der Waals surface area contributed by atoms with Crippen molar-refractivity contribution in [3.05, 3.63) is 83.6 Å². The van der Waals surface area contributed by atoms with Crippen LogP contribution in [0.2, 0.25) is 0 Å². The van der Waals surface area contributed by atoms with E-state index in [0.29, 0.717) is 18.6 Å². The Morgan fingerprint density at radius 3 is 2.48 bits per heavy atom. The molecule has 0 aliphatic carbocycles. The Hall–Kier alpha value is -3.06. The van der Waals surface area contributed by atoms with Gasteiger partial charge in [-0.05, 0) is 36.6 Å². The third kappa shape index (κ3) is 4.68. The minimum absolute atomic E-state index is 0.232. The minimum atomic E-state index is -0.377. The smallest absolute Gasteiger partial charge is 0.286 e. The van der Waals surface area contributed by atoms with Crippen molar-refractivity contribution in [3.63, 3.8) is 0 Å². The molecular formula is C22H20N2O4S. The molecule has 2 atom stereocenters. The van der Waals surface area contributed by atoms with Gasteiger partial charge in [0.15, 0.2) is 6.39 Å². The van der Waals surface area contributed by atoms with Crippen molar-refractivity contribution < 1.29 is 18.7 Å². The zero-order valence-electron chi connectivity index (χ0n) is 15.8. The Bertz CT molecular complexity index is 1000. The number of hydrogen-bond acceptors (Lipinski definition) is 6. The van der Waals surface area contributed by atoms with Crippen LogP contribution >= 0.6 is 11.8 Å². The highest BCUT2D eigenvalue weighted by Gasteiger charge is 2.31. The molecule has 1 aromatic heterocycles. The fraction of sp³-hybridized carbons (Fsp3) is 0.227. The second-order valence-electron chi connectivity index (χ2n) is 6.82. The molecule has 6 nitrogen and oxygen atoms in total. The third-order valence-electron chi connectivity index (χ3n) is 4.74. The van der Waals surface area contributed by atoms with E-state index in [1.807, 2.05) is 49.4 Å². The largest absolute Gasteiger partial charge is 0.484 e. The van der Waals surface area contributed by atoms with Crippen molar-refractivity contribution in [3.8, 4) is 5.75 Å². The molecule has 2 amide bonds. The number of amides is 2. The van der Waals surface area contributed by atoms with E-state index in [0.717, 1.165) is 34.3 Å². The summed E-state index contributed by atoms with van der Waals surface area (Å²) < 4.78 is 11.6. The second-order valence-corrected chi connectivity index (χ2v) is 8.00. The lowest BCUT2D eigenvalue weighted by molar-refractivity contribution is -0.118. The Labute approximate surface area is 172 Å². The van der Waals surface area contributed by atoms with Gasteiger partial charge in [-0.25, -0.2) is 4.98 Å². The van der Waals surface area contributed by atoms with E-state index in [-0.39, 0.29) is 22.5 Å². The lowest BCUT2D eigenvalue weighted by atomic mass is 10.0. The summed E-state index contributed by atoms with van der Waals surface area (Å²) in [5.41, 5.74) is 2.89. The van der Waals surface area contributed by atoms with E-state index in [2.05, 4.69) is 22.4 Å². The predicted molar refractivity (Wildman–Crippen MR) is 110 cm³/mol. The number of benzene rings is 2. The first kappa shape index (κ1) is 19.3. The summed E-state index contributed by atoms with van der Waals surface area (Å²) >= 11 is 1.03. The van der Waals surface area contributed by atoms with Crippen LogP contribution in [0.5, 0.6) is 5.75 Å². The third-order valence-corrected chi connectivity index (χ3v) is 5.72. The molecule has 4 rings (SSSR count). The lowest BCUT2D eigenvalue weighted by Gasteiger charge is -2.18. The van der Waals surface area contributed by atoms with E-state index in [1.54, 1.807) is 0 Å². The molecular weight excluding hydrogens is 388 g/mol. The van der Waals surface area contributed by atoms with Crippen LogP contribution in [0.4, 0.5) is 4.79 Å². The molecule has 1 aliphatic rings. The molecule has 2 unspecified atom stereocenters. The molecule has 1 fully saturated rings. The number of thioether (sulfide) groups is 1. The predicted octanol–water partition coefficient (Wildman–Crippen LogP) is 4.24. The Morgan fingerprint density at radius 1 is 1.10 bits per heavy atom. The van der Waals surface area contributed by atoms with Gasteiger partial charge in [0.2, 0.25) is 5.91 Å². The van der Waals surface area contributed by atoms with Crippen LogP contribution in [0.1, 0.15) is 28.7 Å². The van der Waals surface area contributed by atoms with Crippen LogP contribution in [0.15, 0.2) is 65.4 Å². The van der Waals surface area contributed by atoms with Crippen LogP contribution < -0.4 is 10.1 Å². The Morgan fingerprint density at radius 2 is 1.86 bits per heavy atom. The van der Waals surface area contributed by atoms with E-state index < -0.39 is 0 Å². The highest BCUT2D eigenvalue weighted by atomic mass is 32.2. The molecule has 0 spiro atoms. The van der Waals surface area contributed by atoms with E-state index in [9.17, 15) is 9.59 Å². The summed E-state index contributed by atoms with van der Waals surface area (Å²) in [7, 11) is 0. The van der Waals surface area contributed by atoms with Gasteiger partial charge in [0.05, 0.1) is 5.25 Å². The number of nitrogens with one attached hydrogen (secondary N) is 1. The monoisotopic (exact) mass is 408 g/mol. The maximum atomic E-state index is 11.7.